The van der Waals surface area contributed by atoms with E-state index in [0.29, 0.717) is 17.5 Å². The molecule has 4 nitrogen and oxygen atoms in total. The van der Waals surface area contributed by atoms with E-state index < -0.39 is 7.60 Å². The maximum absolute atomic E-state index is 12.5. The van der Waals surface area contributed by atoms with E-state index in [1.165, 1.54) is 89.9 Å². The number of unbranched alkanes of at least 4 members (excludes halogenated alkanes) is 14. The molecule has 0 amide bonds. The van der Waals surface area contributed by atoms with Crippen molar-refractivity contribution in [3.8, 4) is 0 Å². The van der Waals surface area contributed by atoms with Crippen LogP contribution in [0.25, 0.3) is 0 Å². The molecule has 2 unspecified atom stereocenters. The van der Waals surface area contributed by atoms with E-state index in [-0.39, 0.29) is 5.78 Å². The van der Waals surface area contributed by atoms with Crippen molar-refractivity contribution in [3.05, 3.63) is 12.2 Å². The molecular formula is C26H55NO3P+. The number of rotatable bonds is 22. The first kappa shape index (κ1) is 30.9. The van der Waals surface area contributed by atoms with Gasteiger partial charge in [-0.2, -0.15) is 0 Å². The molecule has 0 heterocycles. The van der Waals surface area contributed by atoms with E-state index in [9.17, 15) is 9.46 Å². The van der Waals surface area contributed by atoms with Crippen LogP contribution in [0, 0.1) is 0 Å². The molecule has 0 aromatic rings. The fourth-order valence-corrected chi connectivity index (χ4v) is 6.10. The monoisotopic (exact) mass is 460 g/mol. The summed E-state index contributed by atoms with van der Waals surface area (Å²) >= 11 is 0. The summed E-state index contributed by atoms with van der Waals surface area (Å²) in [5.41, 5.74) is 0. The molecule has 5 heteroatoms. The highest BCUT2D eigenvalue weighted by Crippen LogP contribution is 2.51. The van der Waals surface area contributed by atoms with Crippen LogP contribution >= 0.6 is 7.60 Å². The first-order valence-corrected chi connectivity index (χ1v) is 14.8. The molecular weight excluding hydrogens is 405 g/mol. The van der Waals surface area contributed by atoms with Gasteiger partial charge in [0.2, 0.25) is 0 Å². The van der Waals surface area contributed by atoms with Crippen molar-refractivity contribution in [2.45, 2.75) is 129 Å². The Morgan fingerprint density at radius 2 is 1.16 bits per heavy atom. The number of hydrogen-bond acceptors (Lipinski definition) is 2. The molecule has 0 fully saturated rings. The second-order valence-corrected chi connectivity index (χ2v) is 12.0. The van der Waals surface area contributed by atoms with Gasteiger partial charge in [-0.3, -0.25) is 4.57 Å². The van der Waals surface area contributed by atoms with Crippen LogP contribution in [0.3, 0.4) is 0 Å². The van der Waals surface area contributed by atoms with Crippen molar-refractivity contribution in [1.82, 2.24) is 0 Å². The summed E-state index contributed by atoms with van der Waals surface area (Å²) in [6, 6.07) is 0. The minimum absolute atomic E-state index is 0.349. The second kappa shape index (κ2) is 19.3. The molecule has 1 N–H and O–H groups in total. The molecule has 0 rings (SSSR count). The Balaban J connectivity index is 3.46. The third kappa shape index (κ3) is 18.0. The number of hydrogen-bond donors (Lipinski definition) is 1. The summed E-state index contributed by atoms with van der Waals surface area (Å²) in [5.74, 6) is -0.349. The zero-order chi connectivity index (χ0) is 23.4. The van der Waals surface area contributed by atoms with Crippen LogP contribution in [0.2, 0.25) is 0 Å². The van der Waals surface area contributed by atoms with Crippen LogP contribution in [-0.4, -0.2) is 42.9 Å². The molecule has 0 spiro atoms. The topological polar surface area (TPSA) is 46.5 Å². The molecule has 0 bridgehead atoms. The lowest BCUT2D eigenvalue weighted by atomic mass is 10.1. The summed E-state index contributed by atoms with van der Waals surface area (Å²) in [6.07, 6.45) is 25.9. The minimum Gasteiger partial charge on any atom is -0.320 e. The van der Waals surface area contributed by atoms with Gasteiger partial charge in [0, 0.05) is 6.42 Å². The summed E-state index contributed by atoms with van der Waals surface area (Å²) in [5, 5.41) is 0. The summed E-state index contributed by atoms with van der Waals surface area (Å²) in [4.78, 5) is 10.3. The zero-order valence-electron chi connectivity index (χ0n) is 21.6. The van der Waals surface area contributed by atoms with E-state index in [4.69, 9.17) is 4.52 Å². The predicted molar refractivity (Wildman–Crippen MR) is 137 cm³/mol. The van der Waals surface area contributed by atoms with E-state index in [1.54, 1.807) is 0 Å². The molecule has 0 radical (unpaired) electrons. The standard InChI is InChI=1S/C26H54NO3P/c1-6-8-9-10-11-12-13-14-15-16-17-18-19-20-21-22-23-24-25-30-31(28,29)26(7-2)27(3,4)5/h13-14,26H,6-12,15-25H2,1-5H3/p+1. The predicted octanol–water partition coefficient (Wildman–Crippen LogP) is 8.45. The summed E-state index contributed by atoms with van der Waals surface area (Å²) in [7, 11) is 2.31. The largest absolute Gasteiger partial charge is 0.385 e. The molecule has 31 heavy (non-hydrogen) atoms. The number of quaternary nitrogens is 1. The molecule has 0 saturated heterocycles. The van der Waals surface area contributed by atoms with Crippen molar-refractivity contribution in [1.29, 1.82) is 0 Å². The Kier molecular flexibility index (Phi) is 19.2. The van der Waals surface area contributed by atoms with Gasteiger partial charge in [0.25, 0.3) is 0 Å². The first-order chi connectivity index (χ1) is 14.8. The zero-order valence-corrected chi connectivity index (χ0v) is 22.5. The van der Waals surface area contributed by atoms with Gasteiger partial charge in [-0.1, -0.05) is 96.6 Å². The van der Waals surface area contributed by atoms with Crippen LogP contribution < -0.4 is 0 Å². The molecule has 0 saturated carbocycles. The quantitative estimate of drug-likeness (QED) is 0.0763. The van der Waals surface area contributed by atoms with Gasteiger partial charge in [-0.05, 0) is 32.1 Å². The minimum atomic E-state index is -3.55. The van der Waals surface area contributed by atoms with Gasteiger partial charge < -0.3 is 13.9 Å². The Morgan fingerprint density at radius 1 is 0.742 bits per heavy atom. The van der Waals surface area contributed by atoms with Crippen molar-refractivity contribution in [3.63, 3.8) is 0 Å². The lowest BCUT2D eigenvalue weighted by Gasteiger charge is -2.35. The third-order valence-corrected chi connectivity index (χ3v) is 8.43. The highest BCUT2D eigenvalue weighted by Gasteiger charge is 2.41. The van der Waals surface area contributed by atoms with Crippen LogP contribution in [0.5, 0.6) is 0 Å². The molecule has 0 aliphatic rings. The molecule has 0 aliphatic heterocycles. The summed E-state index contributed by atoms with van der Waals surface area (Å²) < 4.78 is 18.4. The van der Waals surface area contributed by atoms with Gasteiger partial charge >= 0.3 is 7.60 Å². The SMILES string of the molecule is CCCCCCCC=CCCCCCCCCCCCOP(=O)(O)C(CC)[N+](C)(C)C. The lowest BCUT2D eigenvalue weighted by Crippen LogP contribution is -2.44. The maximum atomic E-state index is 12.5. The average molecular weight is 461 g/mol. The van der Waals surface area contributed by atoms with Crippen LogP contribution in [-0.2, 0) is 9.09 Å². The van der Waals surface area contributed by atoms with E-state index in [0.717, 1.165) is 12.8 Å². The number of nitrogens with zero attached hydrogens (tertiary/aromatic N) is 1. The van der Waals surface area contributed by atoms with Crippen LogP contribution in [0.4, 0.5) is 0 Å². The first-order valence-electron chi connectivity index (χ1n) is 13.2. The third-order valence-electron chi connectivity index (χ3n) is 6.07. The highest BCUT2D eigenvalue weighted by molar-refractivity contribution is 7.53. The normalized spacial score (nSPS) is 15.4. The van der Waals surface area contributed by atoms with Crippen molar-refractivity contribution in [2.24, 2.45) is 0 Å². The molecule has 2 atom stereocenters. The van der Waals surface area contributed by atoms with Crippen molar-refractivity contribution >= 4 is 7.60 Å². The maximum Gasteiger partial charge on any atom is 0.385 e. The molecule has 0 aromatic heterocycles. The highest BCUT2D eigenvalue weighted by atomic mass is 31.2. The van der Waals surface area contributed by atoms with Gasteiger partial charge in [0.1, 0.15) is 0 Å². The Labute approximate surface area is 195 Å². The van der Waals surface area contributed by atoms with Crippen LogP contribution in [0.15, 0.2) is 12.2 Å². The Bertz CT molecular complexity index is 474. The van der Waals surface area contributed by atoms with Crippen molar-refractivity contribution in [2.75, 3.05) is 27.7 Å². The fourth-order valence-electron chi connectivity index (χ4n) is 4.20. The molecule has 186 valence electrons. The second-order valence-electron chi connectivity index (χ2n) is 10.0. The lowest BCUT2D eigenvalue weighted by molar-refractivity contribution is -0.883. The van der Waals surface area contributed by atoms with Gasteiger partial charge in [-0.25, -0.2) is 0 Å². The van der Waals surface area contributed by atoms with Gasteiger partial charge in [0.15, 0.2) is 5.78 Å². The van der Waals surface area contributed by atoms with Crippen molar-refractivity contribution < 1.29 is 18.5 Å². The van der Waals surface area contributed by atoms with E-state index in [1.807, 2.05) is 28.1 Å². The van der Waals surface area contributed by atoms with E-state index >= 15 is 0 Å². The Morgan fingerprint density at radius 3 is 1.58 bits per heavy atom. The van der Waals surface area contributed by atoms with Crippen LogP contribution in [0.1, 0.15) is 123 Å². The molecule has 0 aliphatic carbocycles. The van der Waals surface area contributed by atoms with Gasteiger partial charge in [0.05, 0.1) is 27.7 Å². The Hall–Kier alpha value is -0.150. The number of allylic oxidation sites excluding steroid dienone is 2. The summed E-state index contributed by atoms with van der Waals surface area (Å²) in [6.45, 7) is 4.62. The fraction of sp³-hybridized carbons (Fsp3) is 0.923. The van der Waals surface area contributed by atoms with Gasteiger partial charge in [-0.15, -0.1) is 0 Å². The molecule has 0 aromatic carbocycles. The smallest absolute Gasteiger partial charge is 0.320 e. The van der Waals surface area contributed by atoms with E-state index in [2.05, 4.69) is 19.1 Å². The average Bonchev–Trinajstić information content (AvgIpc) is 2.68.